The molecule has 1 aliphatic carbocycles. The maximum Gasteiger partial charge on any atom is 0.0423 e. The van der Waals surface area contributed by atoms with E-state index in [1.54, 1.807) is 0 Å². The summed E-state index contributed by atoms with van der Waals surface area (Å²) in [6.45, 7) is 8.86. The average molecular weight is 339 g/mol. The highest BCUT2D eigenvalue weighted by Gasteiger charge is 2.31. The second-order valence-electron chi connectivity index (χ2n) is 6.49. The third kappa shape index (κ3) is 4.23. The highest BCUT2D eigenvalue weighted by Crippen LogP contribution is 2.37. The Morgan fingerprint density at radius 2 is 2.00 bits per heavy atom. The van der Waals surface area contributed by atoms with E-state index >= 15 is 0 Å². The maximum absolute atomic E-state index is 3.61. The van der Waals surface area contributed by atoms with E-state index in [1.165, 1.54) is 24.1 Å². The van der Waals surface area contributed by atoms with Crippen LogP contribution in [-0.4, -0.2) is 19.6 Å². The van der Waals surface area contributed by atoms with Crippen molar-refractivity contribution in [3.63, 3.8) is 0 Å². The third-order valence-electron chi connectivity index (χ3n) is 4.21. The van der Waals surface area contributed by atoms with Crippen LogP contribution in [0.5, 0.6) is 0 Å². The highest BCUT2D eigenvalue weighted by molar-refractivity contribution is 9.10. The van der Waals surface area contributed by atoms with Crippen LogP contribution in [-0.2, 0) is 6.54 Å². The summed E-state index contributed by atoms with van der Waals surface area (Å²) in [7, 11) is 2.23. The van der Waals surface area contributed by atoms with Crippen molar-refractivity contribution in [1.29, 1.82) is 0 Å². The lowest BCUT2D eigenvalue weighted by Crippen LogP contribution is -2.32. The van der Waals surface area contributed by atoms with Crippen molar-refractivity contribution in [3.8, 4) is 0 Å². The molecule has 0 radical (unpaired) electrons. The Labute approximate surface area is 132 Å². The number of anilines is 1. The number of hydrogen-bond donors (Lipinski definition) is 1. The second-order valence-corrected chi connectivity index (χ2v) is 7.40. The molecule has 3 heteroatoms. The van der Waals surface area contributed by atoms with Gasteiger partial charge in [0.25, 0.3) is 0 Å². The monoisotopic (exact) mass is 338 g/mol. The van der Waals surface area contributed by atoms with Gasteiger partial charge in [0.05, 0.1) is 0 Å². The molecule has 1 aliphatic rings. The lowest BCUT2D eigenvalue weighted by atomic mass is 10.1. The molecular formula is C17H27BrN2. The fourth-order valence-corrected chi connectivity index (χ4v) is 2.97. The van der Waals surface area contributed by atoms with Crippen molar-refractivity contribution in [3.05, 3.63) is 28.2 Å². The van der Waals surface area contributed by atoms with E-state index in [1.807, 2.05) is 0 Å². The van der Waals surface area contributed by atoms with Gasteiger partial charge in [0.1, 0.15) is 0 Å². The summed E-state index contributed by atoms with van der Waals surface area (Å²) >= 11 is 3.61. The zero-order chi connectivity index (χ0) is 14.7. The van der Waals surface area contributed by atoms with E-state index in [4.69, 9.17) is 0 Å². The van der Waals surface area contributed by atoms with Gasteiger partial charge < -0.3 is 10.2 Å². The zero-order valence-corrected chi connectivity index (χ0v) is 14.7. The summed E-state index contributed by atoms with van der Waals surface area (Å²) in [5, 5.41) is 3.56. The molecule has 20 heavy (non-hydrogen) atoms. The number of rotatable bonds is 7. The summed E-state index contributed by atoms with van der Waals surface area (Å²) < 4.78 is 1.16. The number of benzene rings is 1. The van der Waals surface area contributed by atoms with Crippen molar-refractivity contribution in [2.24, 2.45) is 11.8 Å². The molecule has 1 aromatic rings. The van der Waals surface area contributed by atoms with Crippen LogP contribution in [0.1, 0.15) is 39.2 Å². The zero-order valence-electron chi connectivity index (χ0n) is 13.1. The first-order valence-corrected chi connectivity index (χ1v) is 8.50. The van der Waals surface area contributed by atoms with Crippen LogP contribution in [0.4, 0.5) is 5.69 Å². The van der Waals surface area contributed by atoms with E-state index in [9.17, 15) is 0 Å². The molecule has 0 aromatic heterocycles. The Kier molecular flexibility index (Phi) is 5.50. The molecule has 1 N–H and O–H groups in total. The number of nitrogens with one attached hydrogen (secondary N) is 1. The van der Waals surface area contributed by atoms with Gasteiger partial charge in [-0.15, -0.1) is 0 Å². The summed E-state index contributed by atoms with van der Waals surface area (Å²) in [4.78, 5) is 2.45. The van der Waals surface area contributed by atoms with Crippen LogP contribution in [0.15, 0.2) is 22.7 Å². The SMILES string of the molecule is CC(C)CNCc1ccc(Br)cc1N(C)C(C)C1CC1. The molecule has 1 unspecified atom stereocenters. The molecular weight excluding hydrogens is 312 g/mol. The van der Waals surface area contributed by atoms with Gasteiger partial charge in [-0.05, 0) is 55.8 Å². The lowest BCUT2D eigenvalue weighted by molar-refractivity contribution is 0.550. The van der Waals surface area contributed by atoms with Crippen LogP contribution in [0.2, 0.25) is 0 Å². The molecule has 2 rings (SSSR count). The highest BCUT2D eigenvalue weighted by atomic mass is 79.9. The van der Waals surface area contributed by atoms with Gasteiger partial charge in [-0.2, -0.15) is 0 Å². The molecule has 0 saturated heterocycles. The van der Waals surface area contributed by atoms with Gasteiger partial charge in [-0.3, -0.25) is 0 Å². The first-order valence-electron chi connectivity index (χ1n) is 7.71. The van der Waals surface area contributed by atoms with Gasteiger partial charge in [0, 0.05) is 29.8 Å². The largest absolute Gasteiger partial charge is 0.371 e. The van der Waals surface area contributed by atoms with Crippen LogP contribution in [0, 0.1) is 11.8 Å². The molecule has 0 heterocycles. The number of hydrogen-bond acceptors (Lipinski definition) is 2. The topological polar surface area (TPSA) is 15.3 Å². The third-order valence-corrected chi connectivity index (χ3v) is 4.70. The maximum atomic E-state index is 3.61. The Morgan fingerprint density at radius 3 is 2.60 bits per heavy atom. The average Bonchev–Trinajstić information content (AvgIpc) is 3.22. The fourth-order valence-electron chi connectivity index (χ4n) is 2.62. The first kappa shape index (κ1) is 15.8. The summed E-state index contributed by atoms with van der Waals surface area (Å²) in [5.41, 5.74) is 2.75. The van der Waals surface area contributed by atoms with Gasteiger partial charge in [0.2, 0.25) is 0 Å². The van der Waals surface area contributed by atoms with Gasteiger partial charge in [-0.1, -0.05) is 35.8 Å². The predicted octanol–water partition coefficient (Wildman–Crippen LogP) is 4.43. The van der Waals surface area contributed by atoms with Gasteiger partial charge >= 0.3 is 0 Å². The molecule has 0 aliphatic heterocycles. The molecule has 1 aromatic carbocycles. The van der Waals surface area contributed by atoms with Crippen LogP contribution >= 0.6 is 15.9 Å². The summed E-state index contributed by atoms with van der Waals surface area (Å²) in [6.07, 6.45) is 2.78. The van der Waals surface area contributed by atoms with Crippen LogP contribution < -0.4 is 10.2 Å². The van der Waals surface area contributed by atoms with Crippen molar-refractivity contribution in [1.82, 2.24) is 5.32 Å². The summed E-state index contributed by atoms with van der Waals surface area (Å²) in [6, 6.07) is 7.27. The van der Waals surface area contributed by atoms with Gasteiger partial charge in [-0.25, -0.2) is 0 Å². The molecule has 0 amide bonds. The predicted molar refractivity (Wildman–Crippen MR) is 91.3 cm³/mol. The number of nitrogens with zero attached hydrogens (tertiary/aromatic N) is 1. The first-order chi connectivity index (χ1) is 9.49. The van der Waals surface area contributed by atoms with Gasteiger partial charge in [0.15, 0.2) is 0 Å². The molecule has 1 atom stereocenters. The van der Waals surface area contributed by atoms with Crippen molar-refractivity contribution in [2.45, 2.75) is 46.2 Å². The Morgan fingerprint density at radius 1 is 1.30 bits per heavy atom. The molecule has 2 nitrogen and oxygen atoms in total. The smallest absolute Gasteiger partial charge is 0.0423 e. The molecule has 0 bridgehead atoms. The normalized spacial score (nSPS) is 16.5. The second kappa shape index (κ2) is 6.95. The van der Waals surface area contributed by atoms with Crippen LogP contribution in [0.3, 0.4) is 0 Å². The minimum Gasteiger partial charge on any atom is -0.371 e. The Bertz CT molecular complexity index is 441. The lowest BCUT2D eigenvalue weighted by Gasteiger charge is -2.29. The van der Waals surface area contributed by atoms with E-state index < -0.39 is 0 Å². The van der Waals surface area contributed by atoms with Crippen molar-refractivity contribution < 1.29 is 0 Å². The molecule has 1 saturated carbocycles. The summed E-state index contributed by atoms with van der Waals surface area (Å²) in [5.74, 6) is 1.58. The standard InChI is InChI=1S/C17H27BrN2/c1-12(2)10-19-11-15-7-8-16(18)9-17(15)20(4)13(3)14-5-6-14/h7-9,12-14,19H,5-6,10-11H2,1-4H3. The number of halogens is 1. The molecule has 112 valence electrons. The molecule has 1 fully saturated rings. The Balaban J connectivity index is 2.10. The van der Waals surface area contributed by atoms with Crippen molar-refractivity contribution >= 4 is 21.6 Å². The van der Waals surface area contributed by atoms with E-state index in [0.29, 0.717) is 12.0 Å². The van der Waals surface area contributed by atoms with Crippen LogP contribution in [0.25, 0.3) is 0 Å². The molecule has 0 spiro atoms. The minimum absolute atomic E-state index is 0.633. The van der Waals surface area contributed by atoms with Crippen molar-refractivity contribution in [2.75, 3.05) is 18.5 Å². The van der Waals surface area contributed by atoms with E-state index in [2.05, 4.69) is 72.2 Å². The minimum atomic E-state index is 0.633. The van der Waals surface area contributed by atoms with E-state index in [0.717, 1.165) is 23.5 Å². The fraction of sp³-hybridized carbons (Fsp3) is 0.647. The quantitative estimate of drug-likeness (QED) is 0.791. The Hall–Kier alpha value is -0.540. The van der Waals surface area contributed by atoms with E-state index in [-0.39, 0.29) is 0 Å².